The molecule has 18 heavy (non-hydrogen) atoms. The first-order valence-electron chi connectivity index (χ1n) is 6.61. The second-order valence-corrected chi connectivity index (χ2v) is 5.53. The minimum atomic E-state index is -0.284. The molecule has 3 N–H and O–H groups in total. The van der Waals surface area contributed by atoms with E-state index < -0.39 is 0 Å². The highest BCUT2D eigenvalue weighted by Gasteiger charge is 2.39. The van der Waals surface area contributed by atoms with Crippen LogP contribution in [0.25, 0.3) is 0 Å². The number of hydrogen-bond donors (Lipinski definition) is 2. The summed E-state index contributed by atoms with van der Waals surface area (Å²) in [7, 11) is 0. The molecule has 0 amide bonds. The Morgan fingerprint density at radius 1 is 1.28 bits per heavy atom. The third-order valence-corrected chi connectivity index (χ3v) is 4.32. The van der Waals surface area contributed by atoms with E-state index in [2.05, 4.69) is 4.90 Å². The Morgan fingerprint density at radius 2 is 1.94 bits per heavy atom. The molecule has 2 heterocycles. The lowest BCUT2D eigenvalue weighted by atomic mass is 9.99. The number of halogens is 1. The van der Waals surface area contributed by atoms with Crippen LogP contribution in [0.3, 0.4) is 0 Å². The van der Waals surface area contributed by atoms with E-state index in [0.717, 1.165) is 37.8 Å². The highest BCUT2D eigenvalue weighted by Crippen LogP contribution is 2.37. The largest absolute Gasteiger partial charge is 0.398 e. The van der Waals surface area contributed by atoms with Crippen molar-refractivity contribution in [3.8, 4) is 0 Å². The summed E-state index contributed by atoms with van der Waals surface area (Å²) < 4.78 is 13.0. The van der Waals surface area contributed by atoms with E-state index in [0.29, 0.717) is 17.8 Å². The van der Waals surface area contributed by atoms with Crippen molar-refractivity contribution >= 4 is 5.69 Å². The average Bonchev–Trinajstić information content (AvgIpc) is 2.56. The Kier molecular flexibility index (Phi) is 2.99. The Hall–Kier alpha value is -1.13. The van der Waals surface area contributed by atoms with Crippen LogP contribution in [-0.4, -0.2) is 28.2 Å². The number of nitrogens with two attached hydrogens (primary N) is 1. The Balaban J connectivity index is 1.77. The summed E-state index contributed by atoms with van der Waals surface area (Å²) in [5.74, 6) is -0.284. The number of aliphatic hydroxyl groups is 1. The van der Waals surface area contributed by atoms with Crippen molar-refractivity contribution in [1.29, 1.82) is 0 Å². The molecule has 0 saturated carbocycles. The van der Waals surface area contributed by atoms with Crippen LogP contribution in [0.2, 0.25) is 0 Å². The molecule has 0 aromatic heterocycles. The van der Waals surface area contributed by atoms with Crippen molar-refractivity contribution in [2.24, 2.45) is 0 Å². The SMILES string of the molecule is Nc1cc(F)ccc1CN1C2CCC1CC(O)C2. The maximum Gasteiger partial charge on any atom is 0.125 e. The van der Waals surface area contributed by atoms with Crippen LogP contribution in [0.15, 0.2) is 18.2 Å². The van der Waals surface area contributed by atoms with Gasteiger partial charge in [0.15, 0.2) is 0 Å². The van der Waals surface area contributed by atoms with Crippen LogP contribution in [0.5, 0.6) is 0 Å². The zero-order chi connectivity index (χ0) is 12.7. The minimum Gasteiger partial charge on any atom is -0.398 e. The summed E-state index contributed by atoms with van der Waals surface area (Å²) in [4.78, 5) is 2.43. The standard InChI is InChI=1S/C14H19FN2O/c15-10-2-1-9(14(16)5-10)8-17-11-3-4-12(17)7-13(18)6-11/h1-2,5,11-13,18H,3-4,6-8,16H2. The second kappa shape index (κ2) is 4.52. The predicted octanol–water partition coefficient (Wildman–Crippen LogP) is 1.90. The van der Waals surface area contributed by atoms with Gasteiger partial charge in [-0.2, -0.15) is 0 Å². The number of benzene rings is 1. The summed E-state index contributed by atoms with van der Waals surface area (Å²) in [6.07, 6.45) is 3.88. The van der Waals surface area contributed by atoms with Gasteiger partial charge in [-0.3, -0.25) is 4.90 Å². The van der Waals surface area contributed by atoms with Gasteiger partial charge in [-0.25, -0.2) is 4.39 Å². The van der Waals surface area contributed by atoms with Gasteiger partial charge in [0.05, 0.1) is 6.10 Å². The molecule has 2 unspecified atom stereocenters. The molecular weight excluding hydrogens is 231 g/mol. The summed E-state index contributed by atoms with van der Waals surface area (Å²) >= 11 is 0. The number of nitrogen functional groups attached to an aromatic ring is 1. The topological polar surface area (TPSA) is 49.5 Å². The molecule has 1 aromatic carbocycles. The fourth-order valence-corrected chi connectivity index (χ4v) is 3.41. The molecular formula is C14H19FN2O. The van der Waals surface area contributed by atoms with Crippen LogP contribution in [0.4, 0.5) is 10.1 Å². The van der Waals surface area contributed by atoms with Gasteiger partial charge in [-0.05, 0) is 43.4 Å². The smallest absolute Gasteiger partial charge is 0.125 e. The molecule has 2 saturated heterocycles. The highest BCUT2D eigenvalue weighted by molar-refractivity contribution is 5.46. The zero-order valence-electron chi connectivity index (χ0n) is 10.3. The predicted molar refractivity (Wildman–Crippen MR) is 68.4 cm³/mol. The maximum atomic E-state index is 13.0. The number of nitrogens with zero attached hydrogens (tertiary/aromatic N) is 1. The molecule has 2 bridgehead atoms. The van der Waals surface area contributed by atoms with Crippen LogP contribution >= 0.6 is 0 Å². The van der Waals surface area contributed by atoms with Crippen LogP contribution < -0.4 is 5.73 Å². The summed E-state index contributed by atoms with van der Waals surface area (Å²) in [5.41, 5.74) is 7.38. The number of aliphatic hydroxyl groups excluding tert-OH is 1. The molecule has 0 aliphatic carbocycles. The fraction of sp³-hybridized carbons (Fsp3) is 0.571. The minimum absolute atomic E-state index is 0.149. The van der Waals surface area contributed by atoms with Crippen molar-refractivity contribution in [1.82, 2.24) is 4.90 Å². The quantitative estimate of drug-likeness (QED) is 0.788. The zero-order valence-corrected chi connectivity index (χ0v) is 10.3. The summed E-state index contributed by atoms with van der Waals surface area (Å²) in [6.45, 7) is 0.772. The molecule has 0 spiro atoms. The molecule has 3 rings (SSSR count). The lowest BCUT2D eigenvalue weighted by Crippen LogP contribution is -2.44. The Bertz CT molecular complexity index is 437. The van der Waals surface area contributed by atoms with Crippen molar-refractivity contribution in [3.63, 3.8) is 0 Å². The van der Waals surface area contributed by atoms with Crippen molar-refractivity contribution in [3.05, 3.63) is 29.6 Å². The van der Waals surface area contributed by atoms with Gasteiger partial charge >= 0.3 is 0 Å². The van der Waals surface area contributed by atoms with Crippen molar-refractivity contribution < 1.29 is 9.50 Å². The van der Waals surface area contributed by atoms with Gasteiger partial charge in [0.25, 0.3) is 0 Å². The van der Waals surface area contributed by atoms with E-state index in [1.165, 1.54) is 12.1 Å². The fourth-order valence-electron chi connectivity index (χ4n) is 3.41. The lowest BCUT2D eigenvalue weighted by Gasteiger charge is -2.37. The molecule has 0 radical (unpaired) electrons. The Morgan fingerprint density at radius 3 is 2.56 bits per heavy atom. The lowest BCUT2D eigenvalue weighted by molar-refractivity contribution is 0.0311. The number of hydrogen-bond acceptors (Lipinski definition) is 3. The molecule has 3 nitrogen and oxygen atoms in total. The molecule has 2 fully saturated rings. The molecule has 98 valence electrons. The normalized spacial score (nSPS) is 31.8. The molecule has 2 aliphatic heterocycles. The van der Waals surface area contributed by atoms with E-state index in [4.69, 9.17) is 5.73 Å². The third kappa shape index (κ3) is 2.10. The number of piperidine rings is 1. The van der Waals surface area contributed by atoms with E-state index in [9.17, 15) is 9.50 Å². The van der Waals surface area contributed by atoms with Crippen LogP contribution in [0, 0.1) is 5.82 Å². The monoisotopic (exact) mass is 250 g/mol. The number of fused-ring (bicyclic) bond motifs is 2. The molecule has 2 aliphatic rings. The maximum absolute atomic E-state index is 13.0. The summed E-state index contributed by atoms with van der Waals surface area (Å²) in [6, 6.07) is 5.55. The van der Waals surface area contributed by atoms with Gasteiger partial charge in [0.2, 0.25) is 0 Å². The summed E-state index contributed by atoms with van der Waals surface area (Å²) in [5, 5.41) is 9.76. The number of rotatable bonds is 2. The van der Waals surface area contributed by atoms with Crippen molar-refractivity contribution in [2.75, 3.05) is 5.73 Å². The van der Waals surface area contributed by atoms with E-state index in [-0.39, 0.29) is 11.9 Å². The Labute approximate surface area is 106 Å². The molecule has 2 atom stereocenters. The number of anilines is 1. The first-order valence-corrected chi connectivity index (χ1v) is 6.61. The van der Waals surface area contributed by atoms with Crippen LogP contribution in [0.1, 0.15) is 31.2 Å². The first kappa shape index (κ1) is 11.9. The van der Waals surface area contributed by atoms with Gasteiger partial charge in [-0.1, -0.05) is 6.07 Å². The van der Waals surface area contributed by atoms with Crippen LogP contribution in [-0.2, 0) is 6.54 Å². The highest BCUT2D eigenvalue weighted by atomic mass is 19.1. The van der Waals surface area contributed by atoms with Gasteiger partial charge in [0, 0.05) is 24.3 Å². The van der Waals surface area contributed by atoms with Gasteiger partial charge in [-0.15, -0.1) is 0 Å². The van der Waals surface area contributed by atoms with E-state index in [1.807, 2.05) is 0 Å². The second-order valence-electron chi connectivity index (χ2n) is 5.53. The molecule has 1 aromatic rings. The molecule has 4 heteroatoms. The van der Waals surface area contributed by atoms with Gasteiger partial charge < -0.3 is 10.8 Å². The van der Waals surface area contributed by atoms with E-state index >= 15 is 0 Å². The van der Waals surface area contributed by atoms with Crippen molar-refractivity contribution in [2.45, 2.75) is 50.4 Å². The van der Waals surface area contributed by atoms with E-state index in [1.54, 1.807) is 6.07 Å². The third-order valence-electron chi connectivity index (χ3n) is 4.32. The first-order chi connectivity index (χ1) is 8.63. The van der Waals surface area contributed by atoms with Gasteiger partial charge in [0.1, 0.15) is 5.82 Å². The average molecular weight is 250 g/mol.